The van der Waals surface area contributed by atoms with Crippen molar-refractivity contribution in [2.75, 3.05) is 0 Å². The molecule has 0 bridgehead atoms. The summed E-state index contributed by atoms with van der Waals surface area (Å²) in [5, 5.41) is 3.68. The average Bonchev–Trinajstić information content (AvgIpc) is 2.71. The Morgan fingerprint density at radius 3 is 2.62 bits per heavy atom. The number of nitrogens with zero attached hydrogens (tertiary/aromatic N) is 2. The molecule has 0 aliphatic carbocycles. The second kappa shape index (κ2) is 3.37. The number of hydrogen-bond donors (Lipinski definition) is 1. The van der Waals surface area contributed by atoms with Crippen LogP contribution in [0, 0.1) is 0 Å². The summed E-state index contributed by atoms with van der Waals surface area (Å²) in [6.45, 7) is 0. The van der Waals surface area contributed by atoms with Gasteiger partial charge in [0.1, 0.15) is 0 Å². The number of benzene rings is 1. The first-order valence-corrected chi connectivity index (χ1v) is 3.95. The van der Waals surface area contributed by atoms with Gasteiger partial charge in [-0.05, 0) is 5.56 Å². The largest absolute Gasteiger partial charge is 0.343 e. The van der Waals surface area contributed by atoms with E-state index >= 15 is 0 Å². The van der Waals surface area contributed by atoms with Gasteiger partial charge < -0.3 is 10.3 Å². The predicted octanol–water partition coefficient (Wildman–Crippen LogP) is 1.12. The van der Waals surface area contributed by atoms with Gasteiger partial charge in [0.05, 0.1) is 6.04 Å². The SMILES string of the molecule is N[C@H](c1ccccc1)c1ncon1. The molecular formula is C9H9N3O. The Balaban J connectivity index is 2.29. The van der Waals surface area contributed by atoms with Crippen LogP contribution in [0.3, 0.4) is 0 Å². The van der Waals surface area contributed by atoms with E-state index in [-0.39, 0.29) is 6.04 Å². The van der Waals surface area contributed by atoms with Crippen LogP contribution in [-0.2, 0) is 0 Å². The van der Waals surface area contributed by atoms with Crippen LogP contribution in [0.4, 0.5) is 0 Å². The van der Waals surface area contributed by atoms with Crippen molar-refractivity contribution < 1.29 is 4.52 Å². The van der Waals surface area contributed by atoms with Crippen LogP contribution in [0.15, 0.2) is 41.2 Å². The van der Waals surface area contributed by atoms with E-state index in [1.165, 1.54) is 6.39 Å². The van der Waals surface area contributed by atoms with Crippen molar-refractivity contribution >= 4 is 0 Å². The highest BCUT2D eigenvalue weighted by molar-refractivity contribution is 5.23. The van der Waals surface area contributed by atoms with E-state index in [2.05, 4.69) is 14.7 Å². The normalized spacial score (nSPS) is 12.7. The lowest BCUT2D eigenvalue weighted by Gasteiger charge is -2.05. The summed E-state index contributed by atoms with van der Waals surface area (Å²) >= 11 is 0. The Morgan fingerprint density at radius 2 is 2.00 bits per heavy atom. The van der Waals surface area contributed by atoms with E-state index in [0.29, 0.717) is 5.82 Å². The fourth-order valence-electron chi connectivity index (χ4n) is 1.13. The van der Waals surface area contributed by atoms with Crippen molar-refractivity contribution in [3.63, 3.8) is 0 Å². The third kappa shape index (κ3) is 1.57. The van der Waals surface area contributed by atoms with Gasteiger partial charge in [-0.25, -0.2) is 0 Å². The molecule has 0 aliphatic heterocycles. The molecule has 13 heavy (non-hydrogen) atoms. The van der Waals surface area contributed by atoms with Crippen LogP contribution in [0.1, 0.15) is 17.4 Å². The third-order valence-corrected chi connectivity index (χ3v) is 1.82. The summed E-state index contributed by atoms with van der Waals surface area (Å²) < 4.78 is 4.62. The Bertz CT molecular complexity index is 358. The first-order chi connectivity index (χ1) is 6.38. The first-order valence-electron chi connectivity index (χ1n) is 3.95. The van der Waals surface area contributed by atoms with Crippen LogP contribution in [-0.4, -0.2) is 10.1 Å². The van der Waals surface area contributed by atoms with Gasteiger partial charge in [-0.3, -0.25) is 0 Å². The van der Waals surface area contributed by atoms with Gasteiger partial charge in [-0.1, -0.05) is 35.5 Å². The topological polar surface area (TPSA) is 64.9 Å². The van der Waals surface area contributed by atoms with Crippen LogP contribution < -0.4 is 5.73 Å². The van der Waals surface area contributed by atoms with Gasteiger partial charge in [0.2, 0.25) is 6.39 Å². The maximum atomic E-state index is 5.88. The number of rotatable bonds is 2. The Hall–Kier alpha value is -1.68. The van der Waals surface area contributed by atoms with Gasteiger partial charge in [0, 0.05) is 0 Å². The van der Waals surface area contributed by atoms with Gasteiger partial charge in [0.15, 0.2) is 5.82 Å². The quantitative estimate of drug-likeness (QED) is 0.742. The van der Waals surface area contributed by atoms with Crippen molar-refractivity contribution in [3.05, 3.63) is 48.1 Å². The first kappa shape index (κ1) is 7.94. The maximum Gasteiger partial charge on any atom is 0.213 e. The molecule has 0 saturated carbocycles. The van der Waals surface area contributed by atoms with E-state index in [1.54, 1.807) is 0 Å². The van der Waals surface area contributed by atoms with Gasteiger partial charge in [-0.15, -0.1) is 0 Å². The van der Waals surface area contributed by atoms with E-state index in [9.17, 15) is 0 Å². The number of aromatic nitrogens is 2. The maximum absolute atomic E-state index is 5.88. The summed E-state index contributed by atoms with van der Waals surface area (Å²) in [5.41, 5.74) is 6.85. The van der Waals surface area contributed by atoms with Crippen LogP contribution in [0.2, 0.25) is 0 Å². The molecule has 0 amide bonds. The van der Waals surface area contributed by atoms with Crippen molar-refractivity contribution in [1.29, 1.82) is 0 Å². The molecule has 1 heterocycles. The van der Waals surface area contributed by atoms with Crippen LogP contribution in [0.5, 0.6) is 0 Å². The Morgan fingerprint density at radius 1 is 1.23 bits per heavy atom. The van der Waals surface area contributed by atoms with E-state index < -0.39 is 0 Å². The molecule has 2 aromatic rings. The molecular weight excluding hydrogens is 166 g/mol. The summed E-state index contributed by atoms with van der Waals surface area (Å²) in [5.74, 6) is 0.506. The Kier molecular flexibility index (Phi) is 2.06. The van der Waals surface area contributed by atoms with Crippen LogP contribution >= 0.6 is 0 Å². The minimum Gasteiger partial charge on any atom is -0.343 e. The zero-order chi connectivity index (χ0) is 9.10. The highest BCUT2D eigenvalue weighted by atomic mass is 16.5. The monoisotopic (exact) mass is 175 g/mol. The zero-order valence-electron chi connectivity index (χ0n) is 6.92. The highest BCUT2D eigenvalue weighted by Gasteiger charge is 2.12. The van der Waals surface area contributed by atoms with Crippen LogP contribution in [0.25, 0.3) is 0 Å². The van der Waals surface area contributed by atoms with Gasteiger partial charge >= 0.3 is 0 Å². The molecule has 1 aromatic carbocycles. The average molecular weight is 175 g/mol. The van der Waals surface area contributed by atoms with Gasteiger partial charge in [0.25, 0.3) is 0 Å². The van der Waals surface area contributed by atoms with E-state index in [1.807, 2.05) is 30.3 Å². The number of hydrogen-bond acceptors (Lipinski definition) is 4. The lowest BCUT2D eigenvalue weighted by molar-refractivity contribution is 0.407. The van der Waals surface area contributed by atoms with Crippen molar-refractivity contribution in [1.82, 2.24) is 10.1 Å². The van der Waals surface area contributed by atoms with Crippen molar-refractivity contribution in [3.8, 4) is 0 Å². The Labute approximate surface area is 75.4 Å². The molecule has 0 unspecified atom stereocenters. The fourth-order valence-corrected chi connectivity index (χ4v) is 1.13. The smallest absolute Gasteiger partial charge is 0.213 e. The lowest BCUT2D eigenvalue weighted by Crippen LogP contribution is -2.13. The van der Waals surface area contributed by atoms with Gasteiger partial charge in [-0.2, -0.15) is 4.98 Å². The lowest BCUT2D eigenvalue weighted by atomic mass is 10.1. The minimum absolute atomic E-state index is 0.306. The predicted molar refractivity (Wildman–Crippen MR) is 46.8 cm³/mol. The molecule has 0 aliphatic rings. The molecule has 4 heteroatoms. The molecule has 1 atom stereocenters. The van der Waals surface area contributed by atoms with E-state index in [4.69, 9.17) is 5.73 Å². The molecule has 2 rings (SSSR count). The second-order valence-corrected chi connectivity index (χ2v) is 2.68. The molecule has 1 aromatic heterocycles. The van der Waals surface area contributed by atoms with Crippen molar-refractivity contribution in [2.45, 2.75) is 6.04 Å². The molecule has 66 valence electrons. The number of nitrogens with two attached hydrogens (primary N) is 1. The molecule has 2 N–H and O–H groups in total. The standard InChI is InChI=1S/C9H9N3O/c10-8(9-11-6-13-12-9)7-4-2-1-3-5-7/h1-6,8H,10H2/t8-/m1/s1. The summed E-state index contributed by atoms with van der Waals surface area (Å²) in [6.07, 6.45) is 1.28. The highest BCUT2D eigenvalue weighted by Crippen LogP contribution is 2.14. The van der Waals surface area contributed by atoms with E-state index in [0.717, 1.165) is 5.56 Å². The third-order valence-electron chi connectivity index (χ3n) is 1.82. The molecule has 4 nitrogen and oxygen atoms in total. The molecule has 0 spiro atoms. The minimum atomic E-state index is -0.306. The molecule has 0 saturated heterocycles. The van der Waals surface area contributed by atoms with Crippen molar-refractivity contribution in [2.24, 2.45) is 5.73 Å². The summed E-state index contributed by atoms with van der Waals surface area (Å²) in [6, 6.07) is 9.35. The summed E-state index contributed by atoms with van der Waals surface area (Å²) in [7, 11) is 0. The fraction of sp³-hybridized carbons (Fsp3) is 0.111. The second-order valence-electron chi connectivity index (χ2n) is 2.68. The summed E-state index contributed by atoms with van der Waals surface area (Å²) in [4.78, 5) is 3.89. The zero-order valence-corrected chi connectivity index (χ0v) is 6.92. The molecule has 0 fully saturated rings. The molecule has 0 radical (unpaired) electrons.